The zero-order valence-corrected chi connectivity index (χ0v) is 8.59. The minimum absolute atomic E-state index is 0. The minimum Gasteiger partial charge on any atom is 0 e. The second-order valence-electron chi connectivity index (χ2n) is 0. The van der Waals surface area contributed by atoms with E-state index in [1.807, 2.05) is 0 Å². The van der Waals surface area contributed by atoms with Gasteiger partial charge in [0.05, 0.1) is 0 Å². The van der Waals surface area contributed by atoms with Crippen LogP contribution in [0.5, 0.6) is 0 Å². The predicted molar refractivity (Wildman–Crippen MR) is 5.75 cm³/mol. The van der Waals surface area contributed by atoms with Crippen molar-refractivity contribution in [2.45, 2.75) is 0 Å². The maximum Gasteiger partial charge on any atom is 0 e. The Kier molecular flexibility index (Phi) is 296. The molecule has 0 bridgehead atoms. The van der Waals surface area contributed by atoms with Crippen molar-refractivity contribution in [2.75, 3.05) is 0 Å². The van der Waals surface area contributed by atoms with Gasteiger partial charge in [-0.3, -0.25) is 0 Å². The first-order valence-electron chi connectivity index (χ1n) is 0. The monoisotopic (exact) mass is 291 g/mol. The normalized spacial score (nSPS) is 0. The summed E-state index contributed by atoms with van der Waals surface area (Å²) in [6.07, 6.45) is 0. The molecule has 0 aromatic heterocycles. The van der Waals surface area contributed by atoms with Crippen LogP contribution in [0.3, 0.4) is 0 Å². The standard InChI is InChI=1S/Co.Fe.Ni.Si.Zr. The Morgan fingerprint density at radius 3 is 1.00 bits per heavy atom. The summed E-state index contributed by atoms with van der Waals surface area (Å²) in [5, 5.41) is 0. The van der Waals surface area contributed by atoms with Gasteiger partial charge in [-0.15, -0.1) is 0 Å². The van der Waals surface area contributed by atoms with Crippen LogP contribution in [0.1, 0.15) is 0 Å². The van der Waals surface area contributed by atoms with Gasteiger partial charge in [-0.25, -0.2) is 0 Å². The maximum atomic E-state index is 0. The average molecular weight is 293 g/mol. The molecule has 0 aliphatic heterocycles. The molecule has 35 valence electrons. The molecule has 0 N–H and O–H groups in total. The molecule has 5 heteroatoms. The zero-order valence-electron chi connectivity index (χ0n) is 2.00. The fourth-order valence-electron chi connectivity index (χ4n) is 0. The molecule has 0 unspecified atom stereocenters. The molecular formula is CoFeNiSiZr. The molecule has 0 nitrogen and oxygen atoms in total. The first-order chi connectivity index (χ1) is 0. The molecule has 5 heavy (non-hydrogen) atoms. The van der Waals surface area contributed by atoms with Crippen LogP contribution in [-0.2, 0) is 76.5 Å². The summed E-state index contributed by atoms with van der Waals surface area (Å²) in [5.74, 6) is 0. The molecule has 0 saturated heterocycles. The third-order valence-corrected chi connectivity index (χ3v) is 0. The van der Waals surface area contributed by atoms with Gasteiger partial charge in [-0.2, -0.15) is 0 Å². The molecule has 0 fully saturated rings. The Balaban J connectivity index is 0. The summed E-state index contributed by atoms with van der Waals surface area (Å²) in [6, 6.07) is 0. The van der Waals surface area contributed by atoms with Crippen LogP contribution in [-0.4, -0.2) is 11.0 Å². The Morgan fingerprint density at radius 1 is 1.00 bits per heavy atom. The molecular weight excluding hydrogens is 293 g/mol. The van der Waals surface area contributed by atoms with Crippen LogP contribution in [0.15, 0.2) is 0 Å². The topological polar surface area (TPSA) is 0 Å². The predicted octanol–water partition coefficient (Wildman–Crippen LogP) is -0.391. The molecule has 5 radical (unpaired) electrons. The molecule has 0 aliphatic carbocycles. The second kappa shape index (κ2) is 30.5. The minimum atomic E-state index is 0. The number of rotatable bonds is 0. The Bertz CT molecular complexity index is 11.6. The van der Waals surface area contributed by atoms with Crippen molar-refractivity contribution in [1.82, 2.24) is 0 Å². The van der Waals surface area contributed by atoms with E-state index in [2.05, 4.69) is 0 Å². The van der Waals surface area contributed by atoms with Crippen LogP contribution in [0, 0.1) is 0 Å². The zero-order chi connectivity index (χ0) is 0. The van der Waals surface area contributed by atoms with Crippen molar-refractivity contribution in [3.8, 4) is 0 Å². The van der Waals surface area contributed by atoms with Crippen molar-refractivity contribution >= 4 is 11.0 Å². The Labute approximate surface area is 86.4 Å². The van der Waals surface area contributed by atoms with Crippen LogP contribution < -0.4 is 0 Å². The van der Waals surface area contributed by atoms with Crippen LogP contribution >= 0.6 is 0 Å². The Hall–Kier alpha value is 2.62. The van der Waals surface area contributed by atoms with Crippen LogP contribution in [0.4, 0.5) is 0 Å². The van der Waals surface area contributed by atoms with E-state index < -0.39 is 0 Å². The summed E-state index contributed by atoms with van der Waals surface area (Å²) in [6.45, 7) is 0. The molecule has 0 spiro atoms. The summed E-state index contributed by atoms with van der Waals surface area (Å²) >= 11 is 0. The van der Waals surface area contributed by atoms with Gasteiger partial charge in [-0.05, 0) is 0 Å². The van der Waals surface area contributed by atoms with Gasteiger partial charge in [-0.1, -0.05) is 0 Å². The van der Waals surface area contributed by atoms with Gasteiger partial charge in [0.1, 0.15) is 0 Å². The average Bonchev–Trinajstić information content (AvgIpc) is 0. The fourth-order valence-corrected chi connectivity index (χ4v) is 0. The van der Waals surface area contributed by atoms with E-state index >= 15 is 0 Å². The SMILES string of the molecule is [Co].[Fe].[Ni].[Si].[Zr]. The van der Waals surface area contributed by atoms with E-state index in [1.165, 1.54) is 0 Å². The number of hydrogen-bond acceptors (Lipinski definition) is 0. The molecule has 0 aromatic carbocycles. The van der Waals surface area contributed by atoms with Crippen molar-refractivity contribution in [1.29, 1.82) is 0 Å². The third kappa shape index (κ3) is 20.6. The fraction of sp³-hybridized carbons (Fsp3) is 0. The van der Waals surface area contributed by atoms with Gasteiger partial charge in [0.25, 0.3) is 0 Å². The molecule has 0 saturated carbocycles. The van der Waals surface area contributed by atoms with Gasteiger partial charge >= 0.3 is 0 Å². The molecule has 0 aromatic rings. The van der Waals surface area contributed by atoms with E-state index in [0.717, 1.165) is 0 Å². The molecule has 0 heterocycles. The summed E-state index contributed by atoms with van der Waals surface area (Å²) in [5.41, 5.74) is 0. The van der Waals surface area contributed by atoms with Gasteiger partial charge in [0.2, 0.25) is 0 Å². The summed E-state index contributed by atoms with van der Waals surface area (Å²) < 4.78 is 0. The van der Waals surface area contributed by atoms with Gasteiger partial charge < -0.3 is 0 Å². The van der Waals surface area contributed by atoms with Crippen LogP contribution in [0.25, 0.3) is 0 Å². The molecule has 0 aliphatic rings. The molecule has 0 atom stereocenters. The first-order valence-corrected chi connectivity index (χ1v) is 0. The van der Waals surface area contributed by atoms with Crippen molar-refractivity contribution < 1.29 is 76.5 Å². The van der Waals surface area contributed by atoms with Crippen molar-refractivity contribution in [3.63, 3.8) is 0 Å². The van der Waals surface area contributed by atoms with E-state index in [1.54, 1.807) is 0 Å². The molecule has 0 rings (SSSR count). The number of hydrogen-bond donors (Lipinski definition) is 0. The van der Waals surface area contributed by atoms with E-state index in [4.69, 9.17) is 0 Å². The molecule has 0 amide bonds. The quantitative estimate of drug-likeness (QED) is 0.534. The van der Waals surface area contributed by atoms with E-state index in [9.17, 15) is 0 Å². The largest absolute Gasteiger partial charge is 0 e. The third-order valence-electron chi connectivity index (χ3n) is 0. The second-order valence-corrected chi connectivity index (χ2v) is 0. The van der Waals surface area contributed by atoms with Gasteiger partial charge in [0.15, 0.2) is 0 Å². The van der Waals surface area contributed by atoms with Crippen molar-refractivity contribution in [3.05, 3.63) is 0 Å². The summed E-state index contributed by atoms with van der Waals surface area (Å²) in [7, 11) is 0. The van der Waals surface area contributed by atoms with E-state index in [0.29, 0.717) is 0 Å². The van der Waals surface area contributed by atoms with Crippen molar-refractivity contribution in [2.24, 2.45) is 0 Å². The van der Waals surface area contributed by atoms with Gasteiger partial charge in [0, 0.05) is 87.5 Å². The smallest absolute Gasteiger partial charge is 0 e. The Morgan fingerprint density at radius 2 is 1.00 bits per heavy atom. The van der Waals surface area contributed by atoms with Crippen LogP contribution in [0.2, 0.25) is 0 Å². The summed E-state index contributed by atoms with van der Waals surface area (Å²) in [4.78, 5) is 0. The maximum absolute atomic E-state index is 0. The van der Waals surface area contributed by atoms with E-state index in [-0.39, 0.29) is 87.5 Å². The first kappa shape index (κ1) is 48.7.